The summed E-state index contributed by atoms with van der Waals surface area (Å²) >= 11 is 0. The summed E-state index contributed by atoms with van der Waals surface area (Å²) in [5, 5.41) is 0. The molecular weight excluding hydrogens is 366 g/mol. The molecule has 1 saturated carbocycles. The SMILES string of the molecule is COc1nccnc1OC1CCC(NS(=O)(=O)c2ccc(C)c(C)c2)CC1. The first-order chi connectivity index (χ1) is 12.9. The van der Waals surface area contributed by atoms with E-state index in [9.17, 15) is 8.42 Å². The molecule has 8 heteroatoms. The first kappa shape index (κ1) is 19.6. The van der Waals surface area contributed by atoms with Gasteiger partial charge in [0.1, 0.15) is 6.10 Å². The normalized spacial score (nSPS) is 20.3. The van der Waals surface area contributed by atoms with E-state index in [1.807, 2.05) is 19.9 Å². The van der Waals surface area contributed by atoms with E-state index >= 15 is 0 Å². The highest BCUT2D eigenvalue weighted by molar-refractivity contribution is 7.89. The monoisotopic (exact) mass is 391 g/mol. The summed E-state index contributed by atoms with van der Waals surface area (Å²) < 4.78 is 39.2. The van der Waals surface area contributed by atoms with Crippen molar-refractivity contribution >= 4 is 10.0 Å². The molecule has 7 nitrogen and oxygen atoms in total. The highest BCUT2D eigenvalue weighted by Gasteiger charge is 2.27. The molecule has 0 saturated heterocycles. The molecule has 1 fully saturated rings. The van der Waals surface area contributed by atoms with Crippen molar-refractivity contribution in [3.63, 3.8) is 0 Å². The average Bonchev–Trinajstić information content (AvgIpc) is 2.65. The van der Waals surface area contributed by atoms with E-state index < -0.39 is 10.0 Å². The second-order valence-corrected chi connectivity index (χ2v) is 8.54. The van der Waals surface area contributed by atoms with Gasteiger partial charge in [-0.2, -0.15) is 0 Å². The van der Waals surface area contributed by atoms with E-state index in [2.05, 4.69) is 14.7 Å². The van der Waals surface area contributed by atoms with Gasteiger partial charge in [-0.15, -0.1) is 0 Å². The average molecular weight is 391 g/mol. The van der Waals surface area contributed by atoms with Crippen LogP contribution in [0.3, 0.4) is 0 Å². The minimum Gasteiger partial charge on any atom is -0.477 e. The molecule has 0 bridgehead atoms. The molecule has 1 aliphatic rings. The van der Waals surface area contributed by atoms with Gasteiger partial charge in [0, 0.05) is 18.4 Å². The van der Waals surface area contributed by atoms with Crippen molar-refractivity contribution in [2.45, 2.75) is 56.6 Å². The van der Waals surface area contributed by atoms with E-state index in [1.165, 1.54) is 7.11 Å². The van der Waals surface area contributed by atoms with E-state index in [-0.39, 0.29) is 12.1 Å². The molecule has 2 aromatic rings. The summed E-state index contributed by atoms with van der Waals surface area (Å²) in [5.74, 6) is 0.731. The van der Waals surface area contributed by atoms with Crippen LogP contribution in [0.5, 0.6) is 11.8 Å². The molecule has 0 unspecified atom stereocenters. The Hall–Kier alpha value is -2.19. The molecule has 1 aromatic heterocycles. The molecule has 27 heavy (non-hydrogen) atoms. The van der Waals surface area contributed by atoms with Gasteiger partial charge < -0.3 is 9.47 Å². The Morgan fingerprint density at radius 3 is 2.30 bits per heavy atom. The Bertz CT molecular complexity index is 894. The quantitative estimate of drug-likeness (QED) is 0.814. The van der Waals surface area contributed by atoms with Crippen LogP contribution in [0.2, 0.25) is 0 Å². The molecule has 1 aliphatic carbocycles. The Morgan fingerprint density at radius 1 is 1.00 bits per heavy atom. The van der Waals surface area contributed by atoms with Gasteiger partial charge in [0.05, 0.1) is 12.0 Å². The van der Waals surface area contributed by atoms with E-state index in [4.69, 9.17) is 9.47 Å². The van der Waals surface area contributed by atoms with Crippen molar-refractivity contribution in [2.75, 3.05) is 7.11 Å². The number of hydrogen-bond donors (Lipinski definition) is 1. The van der Waals surface area contributed by atoms with Gasteiger partial charge in [0.15, 0.2) is 0 Å². The van der Waals surface area contributed by atoms with Crippen molar-refractivity contribution in [3.05, 3.63) is 41.7 Å². The number of nitrogens with zero attached hydrogens (tertiary/aromatic N) is 2. The Balaban J connectivity index is 1.58. The smallest absolute Gasteiger partial charge is 0.278 e. The van der Waals surface area contributed by atoms with Crippen LogP contribution >= 0.6 is 0 Å². The van der Waals surface area contributed by atoms with Crippen LogP contribution < -0.4 is 14.2 Å². The number of rotatable bonds is 6. The summed E-state index contributed by atoms with van der Waals surface area (Å²) in [4.78, 5) is 8.54. The van der Waals surface area contributed by atoms with Crippen molar-refractivity contribution in [1.82, 2.24) is 14.7 Å². The lowest BCUT2D eigenvalue weighted by molar-refractivity contribution is 0.132. The first-order valence-corrected chi connectivity index (χ1v) is 10.5. The standard InChI is InChI=1S/C19H25N3O4S/c1-13-4-9-17(12-14(13)2)27(23,24)22-15-5-7-16(8-6-15)26-19-18(25-3)20-10-11-21-19/h4,9-12,15-16,22H,5-8H2,1-3H3. The second-order valence-electron chi connectivity index (χ2n) is 6.83. The number of aromatic nitrogens is 2. The van der Waals surface area contributed by atoms with Gasteiger partial charge in [-0.25, -0.2) is 23.1 Å². The van der Waals surface area contributed by atoms with Crippen LogP contribution in [-0.4, -0.2) is 37.6 Å². The number of nitrogens with one attached hydrogen (secondary N) is 1. The van der Waals surface area contributed by atoms with Crippen molar-refractivity contribution in [2.24, 2.45) is 0 Å². The first-order valence-electron chi connectivity index (χ1n) is 9.00. The summed E-state index contributed by atoms with van der Waals surface area (Å²) in [6, 6.07) is 5.11. The summed E-state index contributed by atoms with van der Waals surface area (Å²) in [6.45, 7) is 3.88. The van der Waals surface area contributed by atoms with Gasteiger partial charge in [-0.3, -0.25) is 0 Å². The predicted octanol–water partition coefficient (Wildman–Crippen LogP) is 2.77. The van der Waals surface area contributed by atoms with Crippen molar-refractivity contribution in [3.8, 4) is 11.8 Å². The fraction of sp³-hybridized carbons (Fsp3) is 0.474. The summed E-state index contributed by atoms with van der Waals surface area (Å²) in [6.07, 6.45) is 5.96. The van der Waals surface area contributed by atoms with Crippen LogP contribution in [0.25, 0.3) is 0 Å². The number of methoxy groups -OCH3 is 1. The third kappa shape index (κ3) is 4.75. The highest BCUT2D eigenvalue weighted by Crippen LogP contribution is 2.28. The zero-order chi connectivity index (χ0) is 19.4. The van der Waals surface area contributed by atoms with Crippen LogP contribution in [0.1, 0.15) is 36.8 Å². The van der Waals surface area contributed by atoms with Crippen LogP contribution in [-0.2, 0) is 10.0 Å². The molecule has 0 aliphatic heterocycles. The van der Waals surface area contributed by atoms with E-state index in [0.717, 1.165) is 24.0 Å². The fourth-order valence-electron chi connectivity index (χ4n) is 3.16. The second kappa shape index (κ2) is 8.22. The molecule has 146 valence electrons. The summed E-state index contributed by atoms with van der Waals surface area (Å²) in [5.41, 5.74) is 2.04. The van der Waals surface area contributed by atoms with Gasteiger partial charge in [-0.05, 0) is 62.8 Å². The van der Waals surface area contributed by atoms with Gasteiger partial charge in [0.25, 0.3) is 11.8 Å². The molecule has 1 heterocycles. The number of aryl methyl sites for hydroxylation is 2. The molecule has 3 rings (SSSR count). The Morgan fingerprint density at radius 2 is 1.67 bits per heavy atom. The maximum absolute atomic E-state index is 12.6. The third-order valence-corrected chi connectivity index (χ3v) is 6.41. The van der Waals surface area contributed by atoms with Crippen LogP contribution in [0.15, 0.2) is 35.5 Å². The molecule has 0 atom stereocenters. The zero-order valence-electron chi connectivity index (χ0n) is 15.8. The molecule has 1 aromatic carbocycles. The number of ether oxygens (including phenoxy) is 2. The summed E-state index contributed by atoms with van der Waals surface area (Å²) in [7, 11) is -2.00. The molecule has 0 spiro atoms. The van der Waals surface area contributed by atoms with Crippen LogP contribution in [0, 0.1) is 13.8 Å². The van der Waals surface area contributed by atoms with E-state index in [1.54, 1.807) is 24.5 Å². The van der Waals surface area contributed by atoms with Crippen LogP contribution in [0.4, 0.5) is 0 Å². The Labute approximate surface area is 160 Å². The third-order valence-electron chi connectivity index (χ3n) is 4.89. The number of hydrogen-bond acceptors (Lipinski definition) is 6. The molecule has 0 radical (unpaired) electrons. The lowest BCUT2D eigenvalue weighted by Gasteiger charge is -2.29. The lowest BCUT2D eigenvalue weighted by atomic mass is 9.94. The Kier molecular flexibility index (Phi) is 5.96. The topological polar surface area (TPSA) is 90.4 Å². The predicted molar refractivity (Wildman–Crippen MR) is 101 cm³/mol. The minimum atomic E-state index is -3.52. The van der Waals surface area contributed by atoms with Gasteiger partial charge in [0.2, 0.25) is 10.0 Å². The number of benzene rings is 1. The fourth-order valence-corrected chi connectivity index (χ4v) is 4.55. The van der Waals surface area contributed by atoms with E-state index in [0.29, 0.717) is 29.5 Å². The molecule has 1 N–H and O–H groups in total. The number of sulfonamides is 1. The van der Waals surface area contributed by atoms with Crippen molar-refractivity contribution in [1.29, 1.82) is 0 Å². The highest BCUT2D eigenvalue weighted by atomic mass is 32.2. The lowest BCUT2D eigenvalue weighted by Crippen LogP contribution is -2.39. The van der Waals surface area contributed by atoms with Gasteiger partial charge in [-0.1, -0.05) is 6.07 Å². The minimum absolute atomic E-state index is 0.0297. The van der Waals surface area contributed by atoms with Gasteiger partial charge >= 0.3 is 0 Å². The molecule has 0 amide bonds. The van der Waals surface area contributed by atoms with Crippen molar-refractivity contribution < 1.29 is 17.9 Å². The molecular formula is C19H25N3O4S. The largest absolute Gasteiger partial charge is 0.477 e. The maximum atomic E-state index is 12.6. The maximum Gasteiger partial charge on any atom is 0.278 e. The zero-order valence-corrected chi connectivity index (χ0v) is 16.6.